The Morgan fingerprint density at radius 2 is 1.40 bits per heavy atom. The van der Waals surface area contributed by atoms with Crippen LogP contribution < -0.4 is 0 Å². The monoisotopic (exact) mass is 352 g/mol. The minimum atomic E-state index is -0.250. The molecule has 0 fully saturated rings. The zero-order chi connectivity index (χ0) is 19.1. The van der Waals surface area contributed by atoms with Crippen LogP contribution in [0.3, 0.4) is 0 Å². The van der Waals surface area contributed by atoms with Gasteiger partial charge in [0, 0.05) is 5.57 Å². The topological polar surface area (TPSA) is 26.3 Å². The SMILES string of the molecule is C=C(C)C(=O)OCCCC(CCCCCCCC)C(CC)(CC)CC. The number of unbranched alkanes of at least 4 members (excludes halogenated alkanes) is 5. The molecule has 2 heteroatoms. The molecule has 1 unspecified atom stereocenters. The van der Waals surface area contributed by atoms with Crippen LogP contribution in [0, 0.1) is 11.3 Å². The first-order valence-electron chi connectivity index (χ1n) is 10.8. The molecule has 0 radical (unpaired) electrons. The average molecular weight is 353 g/mol. The van der Waals surface area contributed by atoms with Crippen molar-refractivity contribution < 1.29 is 9.53 Å². The molecule has 0 aromatic carbocycles. The van der Waals surface area contributed by atoms with E-state index in [1.54, 1.807) is 6.92 Å². The van der Waals surface area contributed by atoms with Gasteiger partial charge in [0.25, 0.3) is 0 Å². The number of hydrogen-bond donors (Lipinski definition) is 0. The van der Waals surface area contributed by atoms with Crippen LogP contribution in [-0.4, -0.2) is 12.6 Å². The molecular weight excluding hydrogens is 308 g/mol. The van der Waals surface area contributed by atoms with Crippen molar-refractivity contribution in [3.05, 3.63) is 12.2 Å². The summed E-state index contributed by atoms with van der Waals surface area (Å²) < 4.78 is 5.30. The van der Waals surface area contributed by atoms with E-state index in [9.17, 15) is 4.79 Å². The highest BCUT2D eigenvalue weighted by atomic mass is 16.5. The molecule has 0 heterocycles. The van der Waals surface area contributed by atoms with E-state index >= 15 is 0 Å². The maximum atomic E-state index is 11.5. The van der Waals surface area contributed by atoms with Crippen molar-refractivity contribution in [3.63, 3.8) is 0 Å². The number of esters is 1. The van der Waals surface area contributed by atoms with Crippen LogP contribution in [0.5, 0.6) is 0 Å². The second-order valence-electron chi connectivity index (χ2n) is 7.73. The molecule has 2 nitrogen and oxygen atoms in total. The van der Waals surface area contributed by atoms with Crippen molar-refractivity contribution in [1.29, 1.82) is 0 Å². The van der Waals surface area contributed by atoms with E-state index in [2.05, 4.69) is 34.3 Å². The lowest BCUT2D eigenvalue weighted by molar-refractivity contribution is -0.139. The van der Waals surface area contributed by atoms with Gasteiger partial charge in [-0.3, -0.25) is 0 Å². The number of ether oxygens (including phenoxy) is 1. The first kappa shape index (κ1) is 24.2. The summed E-state index contributed by atoms with van der Waals surface area (Å²) in [6.07, 6.45) is 15.4. The average Bonchev–Trinajstić information content (AvgIpc) is 2.62. The zero-order valence-electron chi connectivity index (χ0n) is 17.8. The number of carbonyl (C=O) groups is 1. The van der Waals surface area contributed by atoms with Gasteiger partial charge in [0.1, 0.15) is 0 Å². The fourth-order valence-electron chi connectivity index (χ4n) is 4.16. The Balaban J connectivity index is 4.47. The summed E-state index contributed by atoms with van der Waals surface area (Å²) in [5.41, 5.74) is 0.954. The summed E-state index contributed by atoms with van der Waals surface area (Å²) in [6.45, 7) is 15.2. The van der Waals surface area contributed by atoms with E-state index in [4.69, 9.17) is 4.74 Å². The molecule has 0 aliphatic heterocycles. The quantitative estimate of drug-likeness (QED) is 0.164. The predicted octanol–water partition coefficient (Wildman–Crippen LogP) is 7.47. The molecule has 0 spiro atoms. The van der Waals surface area contributed by atoms with Crippen LogP contribution in [0.4, 0.5) is 0 Å². The highest BCUT2D eigenvalue weighted by Crippen LogP contribution is 2.43. The molecular formula is C23H44O2. The van der Waals surface area contributed by atoms with Crippen molar-refractivity contribution in [3.8, 4) is 0 Å². The minimum absolute atomic E-state index is 0.250. The van der Waals surface area contributed by atoms with Gasteiger partial charge in [-0.25, -0.2) is 4.79 Å². The van der Waals surface area contributed by atoms with E-state index in [0.717, 1.165) is 12.3 Å². The first-order chi connectivity index (χ1) is 12.0. The van der Waals surface area contributed by atoms with Crippen LogP contribution in [0.2, 0.25) is 0 Å². The van der Waals surface area contributed by atoms with Crippen molar-refractivity contribution in [2.75, 3.05) is 6.61 Å². The Morgan fingerprint density at radius 1 is 0.880 bits per heavy atom. The van der Waals surface area contributed by atoms with Gasteiger partial charge in [-0.15, -0.1) is 0 Å². The third-order valence-electron chi connectivity index (χ3n) is 6.16. The lowest BCUT2D eigenvalue weighted by Crippen LogP contribution is -2.29. The van der Waals surface area contributed by atoms with Gasteiger partial charge in [-0.1, -0.05) is 92.1 Å². The van der Waals surface area contributed by atoms with Gasteiger partial charge in [0.05, 0.1) is 6.61 Å². The summed E-state index contributed by atoms with van der Waals surface area (Å²) >= 11 is 0. The lowest BCUT2D eigenvalue weighted by atomic mass is 9.66. The van der Waals surface area contributed by atoms with Gasteiger partial charge in [0.15, 0.2) is 0 Å². The largest absolute Gasteiger partial charge is 0.462 e. The molecule has 148 valence electrons. The van der Waals surface area contributed by atoms with Gasteiger partial charge in [0.2, 0.25) is 0 Å². The van der Waals surface area contributed by atoms with Crippen LogP contribution in [0.1, 0.15) is 112 Å². The summed E-state index contributed by atoms with van der Waals surface area (Å²) in [7, 11) is 0. The van der Waals surface area contributed by atoms with E-state index in [1.165, 1.54) is 70.6 Å². The maximum absolute atomic E-state index is 11.5. The van der Waals surface area contributed by atoms with Crippen LogP contribution in [-0.2, 0) is 9.53 Å². The van der Waals surface area contributed by atoms with Crippen molar-refractivity contribution in [2.45, 2.75) is 112 Å². The third-order valence-corrected chi connectivity index (χ3v) is 6.16. The Morgan fingerprint density at radius 3 is 1.92 bits per heavy atom. The molecule has 1 atom stereocenters. The molecule has 0 aliphatic rings. The summed E-state index contributed by atoms with van der Waals surface area (Å²) in [5, 5.41) is 0. The Labute approximate surface area is 157 Å². The highest BCUT2D eigenvalue weighted by Gasteiger charge is 2.33. The Kier molecular flexibility index (Phi) is 13.9. The maximum Gasteiger partial charge on any atom is 0.333 e. The molecule has 0 amide bonds. The smallest absolute Gasteiger partial charge is 0.333 e. The normalized spacial score (nSPS) is 12.8. The molecule has 0 saturated carbocycles. The van der Waals surface area contributed by atoms with E-state index in [0.29, 0.717) is 17.6 Å². The van der Waals surface area contributed by atoms with Crippen molar-refractivity contribution in [1.82, 2.24) is 0 Å². The van der Waals surface area contributed by atoms with Gasteiger partial charge >= 0.3 is 5.97 Å². The summed E-state index contributed by atoms with van der Waals surface area (Å²) in [4.78, 5) is 11.5. The number of carbonyl (C=O) groups excluding carboxylic acids is 1. The second kappa shape index (κ2) is 14.4. The number of hydrogen-bond acceptors (Lipinski definition) is 2. The van der Waals surface area contributed by atoms with E-state index in [-0.39, 0.29) is 5.97 Å². The summed E-state index contributed by atoms with van der Waals surface area (Å²) in [5.74, 6) is 0.502. The highest BCUT2D eigenvalue weighted by molar-refractivity contribution is 5.86. The fourth-order valence-corrected chi connectivity index (χ4v) is 4.16. The Bertz CT molecular complexity index is 347. The minimum Gasteiger partial charge on any atom is -0.462 e. The van der Waals surface area contributed by atoms with Gasteiger partial charge in [-0.05, 0) is 37.5 Å². The second-order valence-corrected chi connectivity index (χ2v) is 7.73. The molecule has 0 rings (SSSR count). The van der Waals surface area contributed by atoms with Crippen LogP contribution in [0.25, 0.3) is 0 Å². The molecule has 0 aromatic rings. The zero-order valence-corrected chi connectivity index (χ0v) is 17.8. The van der Waals surface area contributed by atoms with Crippen LogP contribution in [0.15, 0.2) is 12.2 Å². The first-order valence-corrected chi connectivity index (χ1v) is 10.8. The van der Waals surface area contributed by atoms with Crippen LogP contribution >= 0.6 is 0 Å². The molecule has 0 saturated heterocycles. The molecule has 0 N–H and O–H groups in total. The standard InChI is InChI=1S/C23H44O2/c1-7-11-12-13-14-15-17-21(23(8-2,9-3)10-4)18-16-19-25-22(24)20(5)6/h21H,5,7-19H2,1-4,6H3. The van der Waals surface area contributed by atoms with E-state index in [1.807, 2.05) is 0 Å². The molecule has 0 aromatic heterocycles. The summed E-state index contributed by atoms with van der Waals surface area (Å²) in [6, 6.07) is 0. The number of rotatable bonds is 16. The predicted molar refractivity (Wildman–Crippen MR) is 110 cm³/mol. The Hall–Kier alpha value is -0.790. The fraction of sp³-hybridized carbons (Fsp3) is 0.870. The van der Waals surface area contributed by atoms with Crippen molar-refractivity contribution in [2.24, 2.45) is 11.3 Å². The molecule has 0 bridgehead atoms. The van der Waals surface area contributed by atoms with Gasteiger partial charge in [-0.2, -0.15) is 0 Å². The third kappa shape index (κ3) is 9.47. The van der Waals surface area contributed by atoms with Gasteiger partial charge < -0.3 is 4.74 Å². The molecule has 0 aliphatic carbocycles. The lowest BCUT2D eigenvalue weighted by Gasteiger charge is -2.39. The van der Waals surface area contributed by atoms with Crippen molar-refractivity contribution >= 4 is 5.97 Å². The van der Waals surface area contributed by atoms with E-state index < -0.39 is 0 Å². The molecule has 25 heavy (non-hydrogen) atoms.